The van der Waals surface area contributed by atoms with Gasteiger partial charge in [-0.15, -0.1) is 0 Å². The summed E-state index contributed by atoms with van der Waals surface area (Å²) in [6, 6.07) is 7.90. The van der Waals surface area contributed by atoms with Crippen LogP contribution in [0.4, 0.5) is 10.5 Å². The van der Waals surface area contributed by atoms with Crippen LogP contribution in [-0.2, 0) is 11.2 Å². The number of hydrogen-bond donors (Lipinski definition) is 2. The first-order chi connectivity index (χ1) is 15.6. The molecule has 2 rings (SSSR count). The zero-order chi connectivity index (χ0) is 24.5. The third-order valence-corrected chi connectivity index (χ3v) is 4.93. The maximum Gasteiger partial charge on any atom is 0.421 e. The number of carboxylic acid groups (broad SMARTS) is 1. The van der Waals surface area contributed by atoms with E-state index in [-0.39, 0.29) is 17.5 Å². The summed E-state index contributed by atoms with van der Waals surface area (Å²) in [5.74, 6) is -0.925. The minimum Gasteiger partial charge on any atom is -0.492 e. The predicted octanol–water partition coefficient (Wildman–Crippen LogP) is 2.62. The van der Waals surface area contributed by atoms with Crippen LogP contribution in [-0.4, -0.2) is 73.6 Å². The van der Waals surface area contributed by atoms with Gasteiger partial charge in [0.25, 0.3) is 6.07 Å². The van der Waals surface area contributed by atoms with Gasteiger partial charge in [-0.05, 0) is 62.5 Å². The summed E-state index contributed by atoms with van der Waals surface area (Å²) in [7, 11) is 5.51. The zero-order valence-corrected chi connectivity index (χ0v) is 19.5. The highest BCUT2D eigenvalue weighted by atomic mass is 16.5. The summed E-state index contributed by atoms with van der Waals surface area (Å²) < 4.78 is 5.98. The number of aryl methyl sites for hydroxylation is 1. The Kier molecular flexibility index (Phi) is 8.96. The molecule has 0 saturated heterocycles. The number of allylic oxidation sites excluding steroid dienone is 1. The Hall–Kier alpha value is -3.89. The quantitative estimate of drug-likeness (QED) is 0.438. The maximum atomic E-state index is 12.1. The van der Waals surface area contributed by atoms with Crippen LogP contribution >= 0.6 is 0 Å². The number of aliphatic imine (C=N–C) groups is 1. The van der Waals surface area contributed by atoms with Crippen LogP contribution in [0.1, 0.15) is 18.1 Å². The molecule has 1 aliphatic heterocycles. The number of amides is 2. The van der Waals surface area contributed by atoms with Crippen LogP contribution in [0.5, 0.6) is 5.75 Å². The number of hydrogen-bond acceptors (Lipinski definition) is 6. The van der Waals surface area contributed by atoms with E-state index in [2.05, 4.69) is 21.2 Å². The van der Waals surface area contributed by atoms with E-state index in [9.17, 15) is 14.9 Å². The number of likely N-dealkylation sites (N-methyl/N-ethyl adjacent to an activating group) is 1. The molecule has 1 aromatic rings. The van der Waals surface area contributed by atoms with Gasteiger partial charge in [-0.3, -0.25) is 5.32 Å². The number of nitrogens with zero attached hydrogens (tertiary/aromatic N) is 5. The Morgan fingerprint density at radius 3 is 2.67 bits per heavy atom. The summed E-state index contributed by atoms with van der Waals surface area (Å²) in [4.78, 5) is 34.9. The van der Waals surface area contributed by atoms with Crippen molar-refractivity contribution in [2.75, 3.05) is 40.8 Å². The first-order valence-corrected chi connectivity index (χ1v) is 10.5. The molecular formula is C23H29N6O4+. The summed E-state index contributed by atoms with van der Waals surface area (Å²) in [6.45, 7) is 5.32. The van der Waals surface area contributed by atoms with Crippen LogP contribution in [0, 0.1) is 30.2 Å². The molecule has 1 atom stereocenters. The Bertz CT molecular complexity index is 1070. The second kappa shape index (κ2) is 11.7. The Morgan fingerprint density at radius 1 is 1.36 bits per heavy atom. The first-order valence-electron chi connectivity index (χ1n) is 10.5. The normalized spacial score (nSPS) is 14.8. The van der Waals surface area contributed by atoms with Crippen molar-refractivity contribution < 1.29 is 19.4 Å². The molecule has 174 valence electrons. The molecule has 10 nitrogen and oxygen atoms in total. The second-order valence-electron chi connectivity index (χ2n) is 7.82. The molecule has 1 unspecified atom stereocenters. The number of amidine groups is 1. The van der Waals surface area contributed by atoms with Crippen molar-refractivity contribution in [3.63, 3.8) is 0 Å². The summed E-state index contributed by atoms with van der Waals surface area (Å²) in [5.41, 5.74) is 1.98. The van der Waals surface area contributed by atoms with Gasteiger partial charge in [-0.25, -0.2) is 14.6 Å². The zero-order valence-electron chi connectivity index (χ0n) is 19.5. The third kappa shape index (κ3) is 7.34. The average Bonchev–Trinajstić information content (AvgIpc) is 3.24. The standard InChI is InChI=1S/C23H28N6O4/c1-6-29(5)23(32)27-21(13-24)26-18-12-17(10-16-11-19(22(30)31)25-14-16)20(9-15(18)2)33-8-7-28(3)4/h9,11-12,16H,6-8,10H2,1-5H3,(H-,26,27,30,31,32)/p+1. The van der Waals surface area contributed by atoms with Gasteiger partial charge < -0.3 is 19.6 Å². The van der Waals surface area contributed by atoms with Crippen LogP contribution in [0.25, 0.3) is 4.85 Å². The highest BCUT2D eigenvalue weighted by molar-refractivity contribution is 6.07. The van der Waals surface area contributed by atoms with Crippen LogP contribution in [0.2, 0.25) is 0 Å². The predicted molar refractivity (Wildman–Crippen MR) is 125 cm³/mol. The average molecular weight is 454 g/mol. The van der Waals surface area contributed by atoms with E-state index in [0.717, 1.165) is 11.1 Å². The van der Waals surface area contributed by atoms with Crippen LogP contribution < -0.4 is 10.1 Å². The molecule has 2 N–H and O–H groups in total. The van der Waals surface area contributed by atoms with E-state index in [0.29, 0.717) is 37.6 Å². The summed E-state index contributed by atoms with van der Waals surface area (Å²) >= 11 is 0. The van der Waals surface area contributed by atoms with E-state index in [1.807, 2.05) is 45.0 Å². The lowest BCUT2D eigenvalue weighted by molar-refractivity contribution is -0.132. The molecule has 1 aliphatic rings. The molecule has 10 heteroatoms. The summed E-state index contributed by atoms with van der Waals surface area (Å²) in [6.07, 6.45) is 1.93. The van der Waals surface area contributed by atoms with E-state index >= 15 is 0 Å². The molecule has 0 spiro atoms. The number of rotatable bonds is 9. The van der Waals surface area contributed by atoms with Gasteiger partial charge >= 0.3 is 17.7 Å². The minimum atomic E-state index is -1.10. The fraction of sp³-hybridized carbons (Fsp3) is 0.435. The van der Waals surface area contributed by atoms with Gasteiger partial charge in [0.2, 0.25) is 5.84 Å². The first kappa shape index (κ1) is 25.4. The van der Waals surface area contributed by atoms with Crippen molar-refractivity contribution in [1.29, 1.82) is 5.26 Å². The largest absolute Gasteiger partial charge is 0.492 e. The lowest BCUT2D eigenvalue weighted by Crippen LogP contribution is -2.40. The Morgan fingerprint density at radius 2 is 2.09 bits per heavy atom. The SMILES string of the molecule is CCN(C)C(=O)NC(C#N)=Nc1cc(CC2C#[N+]C(C(=O)O)=C2)c(OCCN(C)C)cc1C. The van der Waals surface area contributed by atoms with Crippen molar-refractivity contribution in [1.82, 2.24) is 15.1 Å². The van der Waals surface area contributed by atoms with Crippen molar-refractivity contribution >= 4 is 23.5 Å². The van der Waals surface area contributed by atoms with Crippen molar-refractivity contribution in [2.45, 2.75) is 20.3 Å². The number of carbonyl (C=O) groups excluding carboxylic acids is 1. The maximum absolute atomic E-state index is 12.1. The topological polar surface area (TPSA) is 123 Å². The fourth-order valence-corrected chi connectivity index (χ4v) is 2.89. The Balaban J connectivity index is 2.37. The number of nitriles is 1. The molecule has 33 heavy (non-hydrogen) atoms. The monoisotopic (exact) mass is 453 g/mol. The van der Waals surface area contributed by atoms with E-state index < -0.39 is 12.0 Å². The van der Waals surface area contributed by atoms with E-state index in [4.69, 9.17) is 9.84 Å². The fourth-order valence-electron chi connectivity index (χ4n) is 2.89. The molecule has 1 heterocycles. The van der Waals surface area contributed by atoms with Crippen LogP contribution in [0.3, 0.4) is 0 Å². The number of benzene rings is 1. The lowest BCUT2D eigenvalue weighted by atomic mass is 9.97. The number of aliphatic carboxylic acids is 1. The van der Waals surface area contributed by atoms with Gasteiger partial charge in [0.05, 0.1) is 5.69 Å². The van der Waals surface area contributed by atoms with E-state index in [1.165, 1.54) is 11.0 Å². The number of carbonyl (C=O) groups is 2. The molecule has 2 amide bonds. The van der Waals surface area contributed by atoms with Crippen molar-refractivity contribution in [3.8, 4) is 17.9 Å². The number of ether oxygens (including phenoxy) is 1. The minimum absolute atomic E-state index is 0.0463. The molecule has 1 aromatic carbocycles. The molecule has 0 radical (unpaired) electrons. The smallest absolute Gasteiger partial charge is 0.421 e. The number of carboxylic acids is 1. The van der Waals surface area contributed by atoms with Crippen molar-refractivity contribution in [3.05, 3.63) is 39.9 Å². The molecular weight excluding hydrogens is 424 g/mol. The van der Waals surface area contributed by atoms with E-state index in [1.54, 1.807) is 13.1 Å². The molecule has 0 aromatic heterocycles. The third-order valence-electron chi connectivity index (χ3n) is 4.93. The highest BCUT2D eigenvalue weighted by Gasteiger charge is 2.29. The number of urea groups is 1. The van der Waals surface area contributed by atoms with Gasteiger partial charge in [-0.2, -0.15) is 5.26 Å². The molecule has 0 fully saturated rings. The van der Waals surface area contributed by atoms with Gasteiger partial charge in [0, 0.05) is 26.2 Å². The van der Waals surface area contributed by atoms with Crippen molar-refractivity contribution in [2.24, 2.45) is 10.9 Å². The van der Waals surface area contributed by atoms with Crippen LogP contribution in [0.15, 0.2) is 28.9 Å². The summed E-state index contributed by atoms with van der Waals surface area (Å²) in [5, 5.41) is 21.1. The highest BCUT2D eigenvalue weighted by Crippen LogP contribution is 2.32. The lowest BCUT2D eigenvalue weighted by Gasteiger charge is -2.17. The van der Waals surface area contributed by atoms with Gasteiger partial charge in [0.15, 0.2) is 0 Å². The van der Waals surface area contributed by atoms with Gasteiger partial charge in [-0.1, -0.05) is 0 Å². The van der Waals surface area contributed by atoms with Gasteiger partial charge in [0.1, 0.15) is 24.3 Å². The second-order valence-corrected chi connectivity index (χ2v) is 7.82. The molecule has 0 saturated carbocycles. The number of nitrogens with one attached hydrogen (secondary N) is 1. The molecule has 0 aliphatic carbocycles. The Labute approximate surface area is 193 Å². The molecule has 0 bridgehead atoms.